The van der Waals surface area contributed by atoms with Crippen molar-refractivity contribution >= 4 is 17.5 Å². The van der Waals surface area contributed by atoms with Crippen molar-refractivity contribution in [3.05, 3.63) is 30.3 Å². The van der Waals surface area contributed by atoms with Gasteiger partial charge < -0.3 is 10.3 Å². The molecule has 0 bridgehead atoms. The highest BCUT2D eigenvalue weighted by Crippen LogP contribution is 2.19. The number of Topliss-reactive ketones (excluding diaryl/α,β-unsaturated/α-hetero) is 1. The van der Waals surface area contributed by atoms with Gasteiger partial charge in [0.2, 0.25) is 0 Å². The number of ether oxygens (including phenoxy) is 1. The molecular formula is C14H20N2O3. The molecule has 0 aromatic heterocycles. The summed E-state index contributed by atoms with van der Waals surface area (Å²) in [4.78, 5) is 25.6. The molecule has 0 aromatic carbocycles. The smallest absolute Gasteiger partial charge is 0.441 e. The van der Waals surface area contributed by atoms with Crippen molar-refractivity contribution in [2.24, 2.45) is 11.8 Å². The number of methoxy groups -OCH3 is 1. The number of hydrogen-bond donors (Lipinski definition) is 0. The first-order valence-electron chi connectivity index (χ1n) is 6.10. The van der Waals surface area contributed by atoms with E-state index in [1.54, 1.807) is 6.08 Å². The topological polar surface area (TPSA) is 79.8 Å². The molecule has 0 rings (SSSR count). The third-order valence-electron chi connectivity index (χ3n) is 2.80. The maximum atomic E-state index is 11.7. The molecule has 0 heterocycles. The standard InChI is InChI=1S/C14H20N2O3/c1-5-6-7-11(10(2)3)8-9-12(17)13(16-15)14(18)19-4/h5-7,10-11H,1,8-9H2,2-4H3/b7-6-/t11-/m1/s1. The largest absolute Gasteiger partial charge is 0.460 e. The zero-order valence-corrected chi connectivity index (χ0v) is 11.6. The normalized spacial score (nSPS) is 12.0. The van der Waals surface area contributed by atoms with Gasteiger partial charge in [0.1, 0.15) is 0 Å². The fourth-order valence-electron chi connectivity index (χ4n) is 1.60. The second-order valence-electron chi connectivity index (χ2n) is 4.43. The Hall–Kier alpha value is -2.00. The minimum atomic E-state index is -0.921. The summed E-state index contributed by atoms with van der Waals surface area (Å²) in [5.41, 5.74) is 8.10. The molecule has 0 aromatic rings. The lowest BCUT2D eigenvalue weighted by molar-refractivity contribution is -0.139. The number of allylic oxidation sites excluding steroid dienone is 3. The third-order valence-corrected chi connectivity index (χ3v) is 2.80. The molecule has 0 radical (unpaired) electrons. The molecule has 0 aliphatic heterocycles. The van der Waals surface area contributed by atoms with Gasteiger partial charge >= 0.3 is 11.7 Å². The summed E-state index contributed by atoms with van der Waals surface area (Å²) in [6, 6.07) is 0. The maximum Gasteiger partial charge on any atom is 0.441 e. The van der Waals surface area contributed by atoms with Crippen LogP contribution in [0.3, 0.4) is 0 Å². The van der Waals surface area contributed by atoms with Gasteiger partial charge in [-0.25, -0.2) is 4.79 Å². The van der Waals surface area contributed by atoms with Gasteiger partial charge in [0.25, 0.3) is 5.78 Å². The van der Waals surface area contributed by atoms with Crippen molar-refractivity contribution in [1.82, 2.24) is 0 Å². The van der Waals surface area contributed by atoms with Crippen LogP contribution >= 0.6 is 0 Å². The van der Waals surface area contributed by atoms with E-state index in [1.165, 1.54) is 0 Å². The Labute approximate surface area is 113 Å². The predicted molar refractivity (Wildman–Crippen MR) is 72.5 cm³/mol. The van der Waals surface area contributed by atoms with Crippen LogP contribution < -0.4 is 0 Å². The molecule has 0 spiro atoms. The molecule has 104 valence electrons. The van der Waals surface area contributed by atoms with Crippen molar-refractivity contribution < 1.29 is 19.1 Å². The second-order valence-corrected chi connectivity index (χ2v) is 4.43. The van der Waals surface area contributed by atoms with Crippen molar-refractivity contribution in [2.75, 3.05) is 7.11 Å². The molecule has 0 amide bonds. The van der Waals surface area contributed by atoms with Crippen LogP contribution in [0.4, 0.5) is 0 Å². The first kappa shape index (κ1) is 17.0. The Morgan fingerprint density at radius 1 is 1.42 bits per heavy atom. The molecule has 5 heteroatoms. The average molecular weight is 264 g/mol. The Kier molecular flexibility index (Phi) is 8.05. The van der Waals surface area contributed by atoms with Crippen LogP contribution in [0.5, 0.6) is 0 Å². The molecule has 0 unspecified atom stereocenters. The van der Waals surface area contributed by atoms with Crippen LogP contribution in [-0.2, 0) is 14.3 Å². The van der Waals surface area contributed by atoms with E-state index in [0.29, 0.717) is 12.3 Å². The van der Waals surface area contributed by atoms with Crippen molar-refractivity contribution in [3.8, 4) is 0 Å². The van der Waals surface area contributed by atoms with E-state index in [1.807, 2.05) is 26.0 Å². The van der Waals surface area contributed by atoms with E-state index in [-0.39, 0.29) is 12.3 Å². The highest BCUT2D eigenvalue weighted by Gasteiger charge is 2.30. The number of hydrogen-bond acceptors (Lipinski definition) is 3. The number of nitrogens with zero attached hydrogens (tertiary/aromatic N) is 2. The first-order valence-corrected chi connectivity index (χ1v) is 6.10. The number of rotatable bonds is 8. The van der Waals surface area contributed by atoms with E-state index in [9.17, 15) is 9.59 Å². The van der Waals surface area contributed by atoms with Gasteiger partial charge in [-0.2, -0.15) is 4.79 Å². The monoisotopic (exact) mass is 264 g/mol. The van der Waals surface area contributed by atoms with Crippen LogP contribution in [0.1, 0.15) is 26.7 Å². The fourth-order valence-corrected chi connectivity index (χ4v) is 1.60. The van der Waals surface area contributed by atoms with Gasteiger partial charge in [0.15, 0.2) is 0 Å². The van der Waals surface area contributed by atoms with Gasteiger partial charge in [0.05, 0.1) is 7.11 Å². The Morgan fingerprint density at radius 2 is 2.05 bits per heavy atom. The zero-order chi connectivity index (χ0) is 14.8. The molecule has 0 saturated heterocycles. The van der Waals surface area contributed by atoms with Gasteiger partial charge in [-0.1, -0.05) is 38.7 Å². The summed E-state index contributed by atoms with van der Waals surface area (Å²) in [6.45, 7) is 7.69. The van der Waals surface area contributed by atoms with E-state index < -0.39 is 17.5 Å². The van der Waals surface area contributed by atoms with Gasteiger partial charge in [-0.15, -0.1) is 0 Å². The van der Waals surface area contributed by atoms with Crippen LogP contribution in [0.2, 0.25) is 0 Å². The highest BCUT2D eigenvalue weighted by atomic mass is 16.5. The molecule has 19 heavy (non-hydrogen) atoms. The minimum absolute atomic E-state index is 0.124. The summed E-state index contributed by atoms with van der Waals surface area (Å²) in [7, 11) is 1.13. The summed E-state index contributed by atoms with van der Waals surface area (Å²) < 4.78 is 4.37. The van der Waals surface area contributed by atoms with Gasteiger partial charge in [-0.05, 0) is 18.3 Å². The number of carbonyl (C=O) groups excluding carboxylic acids is 2. The molecule has 5 nitrogen and oxygen atoms in total. The highest BCUT2D eigenvalue weighted by molar-refractivity contribution is 6.62. The quantitative estimate of drug-likeness (QED) is 0.168. The Bertz CT molecular complexity index is 418. The summed E-state index contributed by atoms with van der Waals surface area (Å²) in [5.74, 6) is -0.890. The Morgan fingerprint density at radius 3 is 2.47 bits per heavy atom. The lowest BCUT2D eigenvalue weighted by Crippen LogP contribution is -2.27. The maximum absolute atomic E-state index is 11.7. The first-order chi connectivity index (χ1) is 8.97. The fraction of sp³-hybridized carbons (Fsp3) is 0.500. The van der Waals surface area contributed by atoms with Crippen LogP contribution in [0, 0.1) is 11.8 Å². The van der Waals surface area contributed by atoms with E-state index in [0.717, 1.165) is 7.11 Å². The number of ketones is 1. The molecule has 0 saturated carbocycles. The lowest BCUT2D eigenvalue weighted by atomic mass is 9.89. The molecule has 0 N–H and O–H groups in total. The second kappa shape index (κ2) is 9.00. The molecular weight excluding hydrogens is 244 g/mol. The van der Waals surface area contributed by atoms with E-state index >= 15 is 0 Å². The lowest BCUT2D eigenvalue weighted by Gasteiger charge is -2.15. The van der Waals surface area contributed by atoms with E-state index in [4.69, 9.17) is 5.53 Å². The average Bonchev–Trinajstić information content (AvgIpc) is 2.38. The van der Waals surface area contributed by atoms with Crippen molar-refractivity contribution in [1.29, 1.82) is 0 Å². The van der Waals surface area contributed by atoms with Gasteiger partial charge in [-0.3, -0.25) is 4.79 Å². The van der Waals surface area contributed by atoms with Gasteiger partial charge in [0, 0.05) is 6.42 Å². The van der Waals surface area contributed by atoms with Crippen LogP contribution in [0.25, 0.3) is 5.53 Å². The predicted octanol–water partition coefficient (Wildman–Crippen LogP) is 2.19. The Balaban J connectivity index is 4.64. The summed E-state index contributed by atoms with van der Waals surface area (Å²) >= 11 is 0. The summed E-state index contributed by atoms with van der Waals surface area (Å²) in [6.07, 6.45) is 6.16. The minimum Gasteiger partial charge on any atom is -0.460 e. The van der Waals surface area contributed by atoms with E-state index in [2.05, 4.69) is 16.1 Å². The third kappa shape index (κ3) is 5.93. The molecule has 0 aliphatic carbocycles. The zero-order valence-electron chi connectivity index (χ0n) is 11.6. The van der Waals surface area contributed by atoms with Crippen LogP contribution in [-0.4, -0.2) is 29.4 Å². The molecule has 0 aliphatic rings. The van der Waals surface area contributed by atoms with Crippen molar-refractivity contribution in [2.45, 2.75) is 26.7 Å². The summed E-state index contributed by atoms with van der Waals surface area (Å²) in [5, 5.41) is 0. The van der Waals surface area contributed by atoms with Crippen LogP contribution in [0.15, 0.2) is 24.8 Å². The number of carbonyl (C=O) groups is 2. The SMILES string of the molecule is C=C/C=C\[C@H](CCC(=O)C(=[N+]=[N-])C(=O)OC)C(C)C. The molecule has 1 atom stereocenters. The number of esters is 1. The molecule has 0 fully saturated rings. The van der Waals surface area contributed by atoms with Crippen molar-refractivity contribution in [3.63, 3.8) is 0 Å².